The molecule has 0 spiro atoms. The van der Waals surface area contributed by atoms with Gasteiger partial charge in [0.2, 0.25) is 5.78 Å². The molecule has 0 aliphatic carbocycles. The molecule has 84 valence electrons. The number of nitrogens with two attached hydrogens (primary N) is 1. The first kappa shape index (κ1) is 12.1. The van der Waals surface area contributed by atoms with E-state index in [-0.39, 0.29) is 5.69 Å². The van der Waals surface area contributed by atoms with Crippen LogP contribution in [-0.2, 0) is 0 Å². The first-order valence-corrected chi connectivity index (χ1v) is 4.87. The average molecular weight is 238 g/mol. The van der Waals surface area contributed by atoms with Gasteiger partial charge in [-0.3, -0.25) is 4.79 Å². The summed E-state index contributed by atoms with van der Waals surface area (Å²) in [5.74, 6) is -1.21. The van der Waals surface area contributed by atoms with E-state index in [9.17, 15) is 18.0 Å². The predicted octanol–water partition coefficient (Wildman–Crippen LogP) is 1.91. The lowest BCUT2D eigenvalue weighted by atomic mass is 9.95. The van der Waals surface area contributed by atoms with E-state index in [1.54, 1.807) is 6.92 Å². The highest BCUT2D eigenvalue weighted by Crippen LogP contribution is 2.30. The Morgan fingerprint density at radius 2 is 2.07 bits per heavy atom. The third kappa shape index (κ3) is 2.18. The Kier molecular flexibility index (Phi) is 2.88. The number of hydrogen-bond donors (Lipinski definition) is 1. The first-order chi connectivity index (χ1) is 6.66. The summed E-state index contributed by atoms with van der Waals surface area (Å²) in [5.41, 5.74) is 1.85. The molecule has 0 aliphatic rings. The van der Waals surface area contributed by atoms with Crippen LogP contribution in [0.15, 0.2) is 5.38 Å². The van der Waals surface area contributed by atoms with Crippen LogP contribution in [0.5, 0.6) is 0 Å². The Bertz CT molecular complexity index is 383. The lowest BCUT2D eigenvalue weighted by Crippen LogP contribution is -2.57. The summed E-state index contributed by atoms with van der Waals surface area (Å²) in [6.45, 7) is 2.24. The van der Waals surface area contributed by atoms with Crippen LogP contribution >= 0.6 is 11.3 Å². The van der Waals surface area contributed by atoms with Crippen molar-refractivity contribution in [2.24, 2.45) is 5.73 Å². The smallest absolute Gasteiger partial charge is 0.311 e. The molecule has 7 heteroatoms. The van der Waals surface area contributed by atoms with Crippen LogP contribution in [-0.4, -0.2) is 22.5 Å². The van der Waals surface area contributed by atoms with Crippen LogP contribution in [0.25, 0.3) is 0 Å². The molecule has 0 bridgehead atoms. The van der Waals surface area contributed by atoms with E-state index in [1.807, 2.05) is 0 Å². The van der Waals surface area contributed by atoms with E-state index in [4.69, 9.17) is 5.73 Å². The van der Waals surface area contributed by atoms with Crippen molar-refractivity contribution in [3.63, 3.8) is 0 Å². The Labute approximate surface area is 88.1 Å². The lowest BCUT2D eigenvalue weighted by Gasteiger charge is -2.24. The maximum absolute atomic E-state index is 12.4. The highest BCUT2D eigenvalue weighted by Gasteiger charge is 2.54. The number of hydrogen-bond acceptors (Lipinski definition) is 4. The molecule has 1 rings (SSSR count). The number of Topliss-reactive ketones (excluding diaryl/α,β-unsaturated/α-hetero) is 1. The van der Waals surface area contributed by atoms with Gasteiger partial charge in [-0.05, 0) is 13.8 Å². The first-order valence-electron chi connectivity index (χ1n) is 3.99. The fourth-order valence-corrected chi connectivity index (χ4v) is 1.46. The molecule has 1 unspecified atom stereocenters. The van der Waals surface area contributed by atoms with Crippen molar-refractivity contribution in [1.82, 2.24) is 4.98 Å². The molecule has 0 aliphatic heterocycles. The molecule has 0 aromatic carbocycles. The number of rotatable bonds is 2. The van der Waals surface area contributed by atoms with Gasteiger partial charge in [-0.15, -0.1) is 11.3 Å². The van der Waals surface area contributed by atoms with Crippen molar-refractivity contribution in [2.75, 3.05) is 0 Å². The number of nitrogens with zero attached hydrogens (tertiary/aromatic N) is 1. The number of ketones is 1. The standard InChI is InChI=1S/C8H9F3N2OS/c1-4-13-5(3-15-4)6(14)7(2,12)8(9,10)11/h3H,12H2,1-2H3. The van der Waals surface area contributed by atoms with E-state index in [2.05, 4.69) is 4.98 Å². The van der Waals surface area contributed by atoms with Gasteiger partial charge >= 0.3 is 6.18 Å². The average Bonchev–Trinajstić information content (AvgIpc) is 2.48. The summed E-state index contributed by atoms with van der Waals surface area (Å²) < 4.78 is 37.2. The fraction of sp³-hybridized carbons (Fsp3) is 0.500. The summed E-state index contributed by atoms with van der Waals surface area (Å²) >= 11 is 1.10. The minimum Gasteiger partial charge on any atom is -0.311 e. The molecule has 0 saturated carbocycles. The number of alkyl halides is 3. The zero-order valence-electron chi connectivity index (χ0n) is 8.05. The van der Waals surface area contributed by atoms with Crippen LogP contribution < -0.4 is 5.73 Å². The minimum atomic E-state index is -4.78. The predicted molar refractivity (Wildman–Crippen MR) is 49.8 cm³/mol. The van der Waals surface area contributed by atoms with Crippen LogP contribution in [0.4, 0.5) is 13.2 Å². The molecule has 1 heterocycles. The molecule has 0 saturated heterocycles. The molecule has 0 fully saturated rings. The van der Waals surface area contributed by atoms with Gasteiger partial charge in [-0.25, -0.2) is 4.98 Å². The molecular weight excluding hydrogens is 229 g/mol. The van der Waals surface area contributed by atoms with Crippen LogP contribution in [0.1, 0.15) is 22.4 Å². The summed E-state index contributed by atoms with van der Waals surface area (Å²) in [6.07, 6.45) is -4.78. The van der Waals surface area contributed by atoms with Gasteiger partial charge in [0.1, 0.15) is 5.69 Å². The maximum Gasteiger partial charge on any atom is 0.413 e. The van der Waals surface area contributed by atoms with Gasteiger partial charge in [0.25, 0.3) is 0 Å². The normalized spacial score (nSPS) is 16.1. The van der Waals surface area contributed by atoms with E-state index < -0.39 is 17.5 Å². The van der Waals surface area contributed by atoms with Crippen molar-refractivity contribution in [3.05, 3.63) is 16.1 Å². The second-order valence-electron chi connectivity index (χ2n) is 3.28. The van der Waals surface area contributed by atoms with Crippen LogP contribution in [0.3, 0.4) is 0 Å². The van der Waals surface area contributed by atoms with E-state index in [0.717, 1.165) is 11.3 Å². The monoisotopic (exact) mass is 238 g/mol. The van der Waals surface area contributed by atoms with Gasteiger partial charge in [-0.2, -0.15) is 13.2 Å². The zero-order valence-corrected chi connectivity index (χ0v) is 8.87. The summed E-state index contributed by atoms with van der Waals surface area (Å²) in [5, 5.41) is 1.80. The highest BCUT2D eigenvalue weighted by molar-refractivity contribution is 7.09. The number of aromatic nitrogens is 1. The molecule has 0 radical (unpaired) electrons. The lowest BCUT2D eigenvalue weighted by molar-refractivity contribution is -0.166. The maximum atomic E-state index is 12.4. The summed E-state index contributed by atoms with van der Waals surface area (Å²) in [7, 11) is 0. The zero-order chi connectivity index (χ0) is 11.9. The summed E-state index contributed by atoms with van der Waals surface area (Å²) in [4.78, 5) is 15.1. The molecular formula is C8H9F3N2OS. The van der Waals surface area contributed by atoms with Gasteiger partial charge in [0.15, 0.2) is 5.54 Å². The second-order valence-corrected chi connectivity index (χ2v) is 4.34. The topological polar surface area (TPSA) is 56.0 Å². The molecule has 1 aromatic rings. The second kappa shape index (κ2) is 3.57. The Morgan fingerprint density at radius 3 is 2.40 bits per heavy atom. The van der Waals surface area contributed by atoms with Crippen molar-refractivity contribution in [1.29, 1.82) is 0 Å². The van der Waals surface area contributed by atoms with E-state index in [0.29, 0.717) is 11.9 Å². The highest BCUT2D eigenvalue weighted by atomic mass is 32.1. The number of thiazole rings is 1. The molecule has 2 N–H and O–H groups in total. The quantitative estimate of drug-likeness (QED) is 0.801. The van der Waals surface area contributed by atoms with Crippen LogP contribution in [0.2, 0.25) is 0 Å². The van der Waals surface area contributed by atoms with E-state index in [1.165, 1.54) is 5.38 Å². The van der Waals surface area contributed by atoms with Crippen molar-refractivity contribution in [2.45, 2.75) is 25.6 Å². The van der Waals surface area contributed by atoms with E-state index >= 15 is 0 Å². The number of aryl methyl sites for hydroxylation is 1. The van der Waals surface area contributed by atoms with Gasteiger partial charge < -0.3 is 5.73 Å². The largest absolute Gasteiger partial charge is 0.413 e. The fourth-order valence-electron chi connectivity index (χ4n) is 0.862. The molecule has 1 atom stereocenters. The van der Waals surface area contributed by atoms with Crippen molar-refractivity contribution >= 4 is 17.1 Å². The minimum absolute atomic E-state index is 0.236. The third-order valence-corrected chi connectivity index (χ3v) is 2.69. The van der Waals surface area contributed by atoms with Gasteiger partial charge in [-0.1, -0.05) is 0 Å². The van der Waals surface area contributed by atoms with Gasteiger partial charge in [0.05, 0.1) is 5.01 Å². The molecule has 0 amide bonds. The Balaban J connectivity index is 3.05. The van der Waals surface area contributed by atoms with Crippen molar-refractivity contribution in [3.8, 4) is 0 Å². The van der Waals surface area contributed by atoms with Crippen LogP contribution in [0, 0.1) is 6.92 Å². The van der Waals surface area contributed by atoms with Crippen molar-refractivity contribution < 1.29 is 18.0 Å². The molecule has 3 nitrogen and oxygen atoms in total. The molecule has 15 heavy (non-hydrogen) atoms. The third-order valence-electron chi connectivity index (χ3n) is 1.91. The number of carbonyl (C=O) groups is 1. The Morgan fingerprint density at radius 1 is 1.53 bits per heavy atom. The number of halogens is 3. The molecule has 1 aromatic heterocycles. The SMILES string of the molecule is Cc1nc(C(=O)C(C)(N)C(F)(F)F)cs1. The summed E-state index contributed by atoms with van der Waals surface area (Å²) in [6, 6.07) is 0. The number of carbonyl (C=O) groups excluding carboxylic acids is 1. The Hall–Kier alpha value is -0.950. The van der Waals surface area contributed by atoms with Gasteiger partial charge in [0, 0.05) is 5.38 Å².